The van der Waals surface area contributed by atoms with E-state index in [-0.39, 0.29) is 11.9 Å². The number of amides is 1. The topological polar surface area (TPSA) is 50.2 Å². The molecule has 1 aliphatic heterocycles. The largest absolute Gasteiger partial charge is 0.349 e. The molecule has 1 amide bonds. The monoisotopic (exact) mass is 354 g/mol. The molecule has 1 aromatic carbocycles. The molecule has 1 N–H and O–H groups in total. The quantitative estimate of drug-likeness (QED) is 0.868. The Morgan fingerprint density at radius 1 is 1.31 bits per heavy atom. The molecule has 26 heavy (non-hydrogen) atoms. The van der Waals surface area contributed by atoms with Crippen LogP contribution in [0.2, 0.25) is 0 Å². The van der Waals surface area contributed by atoms with E-state index in [4.69, 9.17) is 0 Å². The van der Waals surface area contributed by atoms with Crippen molar-refractivity contribution in [1.82, 2.24) is 20.0 Å². The minimum Gasteiger partial charge on any atom is -0.349 e. The first-order valence-corrected chi connectivity index (χ1v) is 9.64. The summed E-state index contributed by atoms with van der Waals surface area (Å²) in [6, 6.07) is 10.8. The molecule has 1 aromatic heterocycles. The van der Waals surface area contributed by atoms with Gasteiger partial charge in [-0.2, -0.15) is 5.10 Å². The van der Waals surface area contributed by atoms with Crippen LogP contribution in [-0.2, 0) is 13.0 Å². The summed E-state index contributed by atoms with van der Waals surface area (Å²) < 4.78 is 1.92. The number of benzene rings is 1. The summed E-state index contributed by atoms with van der Waals surface area (Å²) in [5.74, 6) is 0.434. The maximum absolute atomic E-state index is 12.9. The lowest BCUT2D eigenvalue weighted by molar-refractivity contribution is 0.0873. The number of carbonyl (C=O) groups is 1. The summed E-state index contributed by atoms with van der Waals surface area (Å²) in [5.41, 5.74) is 2.99. The second-order valence-corrected chi connectivity index (χ2v) is 7.45. The van der Waals surface area contributed by atoms with Gasteiger partial charge < -0.3 is 10.2 Å². The van der Waals surface area contributed by atoms with Crippen LogP contribution in [0.1, 0.15) is 41.4 Å². The Morgan fingerprint density at radius 2 is 2.08 bits per heavy atom. The predicted octanol–water partition coefficient (Wildman–Crippen LogP) is 2.89. The van der Waals surface area contributed by atoms with Gasteiger partial charge in [-0.1, -0.05) is 37.3 Å². The highest BCUT2D eigenvalue weighted by Crippen LogP contribution is 2.21. The molecule has 5 nitrogen and oxygen atoms in total. The van der Waals surface area contributed by atoms with Gasteiger partial charge in [0.05, 0.1) is 11.8 Å². The molecule has 0 radical (unpaired) electrons. The van der Waals surface area contributed by atoms with Crippen molar-refractivity contribution in [3.63, 3.8) is 0 Å². The van der Waals surface area contributed by atoms with Gasteiger partial charge in [0.15, 0.2) is 0 Å². The van der Waals surface area contributed by atoms with E-state index in [1.54, 1.807) is 6.20 Å². The first kappa shape index (κ1) is 18.6. The molecule has 1 saturated heterocycles. The van der Waals surface area contributed by atoms with Gasteiger partial charge in [-0.15, -0.1) is 0 Å². The zero-order valence-electron chi connectivity index (χ0n) is 16.1. The first-order valence-electron chi connectivity index (χ1n) is 9.64. The van der Waals surface area contributed by atoms with Crippen LogP contribution in [0, 0.1) is 12.8 Å². The first-order chi connectivity index (χ1) is 12.6. The number of nitrogens with zero attached hydrogens (tertiary/aromatic N) is 3. The number of likely N-dealkylation sites (tertiary alicyclic amines) is 1. The fraction of sp³-hybridized carbons (Fsp3) is 0.524. The molecule has 0 spiro atoms. The molecule has 1 aliphatic rings. The smallest absolute Gasteiger partial charge is 0.254 e. The van der Waals surface area contributed by atoms with Crippen LogP contribution in [0.5, 0.6) is 0 Å². The third-order valence-corrected chi connectivity index (χ3v) is 5.38. The average molecular weight is 354 g/mol. The Morgan fingerprint density at radius 3 is 2.81 bits per heavy atom. The van der Waals surface area contributed by atoms with E-state index >= 15 is 0 Å². The predicted molar refractivity (Wildman–Crippen MR) is 104 cm³/mol. The van der Waals surface area contributed by atoms with E-state index in [0.717, 1.165) is 44.6 Å². The molecular formula is C21H30N4O. The number of aromatic nitrogens is 2. The third-order valence-electron chi connectivity index (χ3n) is 5.38. The Bertz CT molecular complexity index is 725. The molecule has 2 atom stereocenters. The lowest BCUT2D eigenvalue weighted by atomic mass is 9.86. The van der Waals surface area contributed by atoms with Crippen LogP contribution in [0.4, 0.5) is 0 Å². The van der Waals surface area contributed by atoms with E-state index < -0.39 is 0 Å². The molecule has 0 bridgehead atoms. The van der Waals surface area contributed by atoms with E-state index in [0.29, 0.717) is 11.5 Å². The van der Waals surface area contributed by atoms with Gasteiger partial charge in [0, 0.05) is 24.8 Å². The fourth-order valence-electron chi connectivity index (χ4n) is 3.88. The molecule has 140 valence electrons. The second-order valence-electron chi connectivity index (χ2n) is 7.45. The van der Waals surface area contributed by atoms with Crippen molar-refractivity contribution in [2.24, 2.45) is 5.92 Å². The minimum absolute atomic E-state index is 0.0115. The van der Waals surface area contributed by atoms with Crippen LogP contribution in [0.3, 0.4) is 0 Å². The number of aryl methyl sites for hydroxylation is 1. The van der Waals surface area contributed by atoms with E-state index in [1.807, 2.05) is 17.7 Å². The second kappa shape index (κ2) is 8.49. The van der Waals surface area contributed by atoms with E-state index in [9.17, 15) is 4.79 Å². The maximum atomic E-state index is 12.9. The maximum Gasteiger partial charge on any atom is 0.254 e. The molecular weight excluding hydrogens is 324 g/mol. The van der Waals surface area contributed by atoms with Gasteiger partial charge >= 0.3 is 0 Å². The van der Waals surface area contributed by atoms with Crippen molar-refractivity contribution < 1.29 is 4.79 Å². The number of hydrogen-bond donors (Lipinski definition) is 1. The van der Waals surface area contributed by atoms with Crippen molar-refractivity contribution >= 4 is 5.91 Å². The third kappa shape index (κ3) is 4.33. The van der Waals surface area contributed by atoms with Crippen LogP contribution in [-0.4, -0.2) is 46.8 Å². The molecule has 2 aromatic rings. The van der Waals surface area contributed by atoms with Gasteiger partial charge in [0.25, 0.3) is 5.91 Å². The Hall–Kier alpha value is -2.14. The van der Waals surface area contributed by atoms with Gasteiger partial charge in [0.2, 0.25) is 0 Å². The zero-order chi connectivity index (χ0) is 18.5. The number of rotatable bonds is 6. The van der Waals surface area contributed by atoms with Crippen molar-refractivity contribution in [2.45, 2.75) is 45.7 Å². The van der Waals surface area contributed by atoms with Crippen LogP contribution >= 0.6 is 0 Å². The fourth-order valence-corrected chi connectivity index (χ4v) is 3.88. The molecule has 0 unspecified atom stereocenters. The Balaban J connectivity index is 1.70. The van der Waals surface area contributed by atoms with Crippen molar-refractivity contribution in [2.75, 3.05) is 20.1 Å². The molecule has 0 aliphatic carbocycles. The summed E-state index contributed by atoms with van der Waals surface area (Å²) in [5, 5.41) is 7.67. The highest BCUT2D eigenvalue weighted by atomic mass is 16.1. The standard InChI is InChI=1S/C21H30N4O/c1-4-11-25-16(2)19(14-22-25)21(26)23-20-10-12-24(3)15-18(20)13-17-8-6-5-7-9-17/h5-9,14,18,20H,4,10-13,15H2,1-3H3,(H,23,26)/t18-,20+/m1/s1. The summed E-state index contributed by atoms with van der Waals surface area (Å²) in [6.07, 6.45) is 4.70. The minimum atomic E-state index is 0.0115. The van der Waals surface area contributed by atoms with E-state index in [1.165, 1.54) is 5.56 Å². The van der Waals surface area contributed by atoms with E-state index in [2.05, 4.69) is 53.6 Å². The van der Waals surface area contributed by atoms with Crippen LogP contribution < -0.4 is 5.32 Å². The van der Waals surface area contributed by atoms with Gasteiger partial charge in [-0.25, -0.2) is 0 Å². The summed E-state index contributed by atoms with van der Waals surface area (Å²) >= 11 is 0. The number of carbonyl (C=O) groups excluding carboxylic acids is 1. The molecule has 3 rings (SSSR count). The molecule has 2 heterocycles. The van der Waals surface area contributed by atoms with Crippen molar-refractivity contribution in [3.8, 4) is 0 Å². The van der Waals surface area contributed by atoms with Crippen molar-refractivity contribution in [3.05, 3.63) is 53.3 Å². The van der Waals surface area contributed by atoms with Crippen molar-refractivity contribution in [1.29, 1.82) is 0 Å². The highest BCUT2D eigenvalue weighted by Gasteiger charge is 2.30. The van der Waals surface area contributed by atoms with Gasteiger partial charge in [-0.3, -0.25) is 9.48 Å². The number of piperidine rings is 1. The molecule has 5 heteroatoms. The SMILES string of the molecule is CCCn1ncc(C(=O)N[C@H]2CCN(C)C[C@H]2Cc2ccccc2)c1C. The molecule has 1 fully saturated rings. The number of nitrogens with one attached hydrogen (secondary N) is 1. The Kier molecular flexibility index (Phi) is 6.09. The van der Waals surface area contributed by atoms with Gasteiger partial charge in [-0.05, 0) is 51.3 Å². The summed E-state index contributed by atoms with van der Waals surface area (Å²) in [4.78, 5) is 15.2. The molecule has 0 saturated carbocycles. The van der Waals surface area contributed by atoms with Crippen LogP contribution in [0.25, 0.3) is 0 Å². The summed E-state index contributed by atoms with van der Waals surface area (Å²) in [7, 11) is 2.16. The average Bonchev–Trinajstić information content (AvgIpc) is 2.99. The van der Waals surface area contributed by atoms with Crippen LogP contribution in [0.15, 0.2) is 36.5 Å². The van der Waals surface area contributed by atoms with Gasteiger partial charge in [0.1, 0.15) is 0 Å². The zero-order valence-corrected chi connectivity index (χ0v) is 16.1. The summed E-state index contributed by atoms with van der Waals surface area (Å²) in [6.45, 7) is 6.98. The number of hydrogen-bond acceptors (Lipinski definition) is 3. The Labute approximate surface area is 156 Å². The highest BCUT2D eigenvalue weighted by molar-refractivity contribution is 5.95. The normalized spacial score (nSPS) is 20.9. The lowest BCUT2D eigenvalue weighted by Gasteiger charge is -2.37. The lowest BCUT2D eigenvalue weighted by Crippen LogP contribution is -2.50.